The Labute approximate surface area is 195 Å². The molecule has 33 heavy (non-hydrogen) atoms. The van der Waals surface area contributed by atoms with Crippen molar-refractivity contribution >= 4 is 17.7 Å². The second kappa shape index (κ2) is 7.77. The van der Waals surface area contributed by atoms with Gasteiger partial charge in [0.05, 0.1) is 12.0 Å². The third-order valence-electron chi connectivity index (χ3n) is 8.97. The van der Waals surface area contributed by atoms with Gasteiger partial charge in [0.2, 0.25) is 0 Å². The highest BCUT2D eigenvalue weighted by atomic mass is 16.6. The van der Waals surface area contributed by atoms with E-state index in [1.54, 1.807) is 19.9 Å². The predicted molar refractivity (Wildman–Crippen MR) is 120 cm³/mol. The first-order chi connectivity index (χ1) is 15.3. The van der Waals surface area contributed by atoms with Crippen molar-refractivity contribution in [2.45, 2.75) is 78.6 Å². The molecule has 0 radical (unpaired) electrons. The van der Waals surface area contributed by atoms with Gasteiger partial charge in [-0.05, 0) is 31.6 Å². The minimum Gasteiger partial charge on any atom is -0.465 e. The lowest BCUT2D eigenvalue weighted by Crippen LogP contribution is -2.62. The number of aliphatic hydroxyl groups excluding tert-OH is 2. The normalized spacial score (nSPS) is 43.9. The van der Waals surface area contributed by atoms with Crippen LogP contribution < -0.4 is 0 Å². The topological polar surface area (TPSA) is 110 Å². The summed E-state index contributed by atoms with van der Waals surface area (Å²) in [6.45, 7) is 12.4. The quantitative estimate of drug-likeness (QED) is 0.479. The molecule has 7 heteroatoms. The second-order valence-corrected chi connectivity index (χ2v) is 11.3. The number of aliphatic hydroxyl groups is 2. The molecular formula is C26H36O7. The Morgan fingerprint density at radius 1 is 1.27 bits per heavy atom. The molecule has 0 heterocycles. The summed E-state index contributed by atoms with van der Waals surface area (Å²) in [6.07, 6.45) is 1.33. The average molecular weight is 461 g/mol. The zero-order chi connectivity index (χ0) is 24.5. The number of rotatable bonds is 5. The maximum atomic E-state index is 13.5. The number of Topliss-reactive ketones (excluding diaryl/α,β-unsaturated/α-hetero) is 1. The summed E-state index contributed by atoms with van der Waals surface area (Å²) in [5, 5.41) is 22.6. The number of allylic oxidation sites excluding steroid dienone is 1. The van der Waals surface area contributed by atoms with Crippen LogP contribution in [0, 0.1) is 34.0 Å². The van der Waals surface area contributed by atoms with Crippen molar-refractivity contribution in [3.05, 3.63) is 23.8 Å². The van der Waals surface area contributed by atoms with E-state index in [-0.39, 0.29) is 24.4 Å². The number of carbonyl (C=O) groups excluding carboxylic acids is 3. The maximum absolute atomic E-state index is 13.5. The summed E-state index contributed by atoms with van der Waals surface area (Å²) in [5.74, 6) is -2.06. The molecule has 4 aliphatic rings. The second-order valence-electron chi connectivity index (χ2n) is 11.3. The minimum absolute atomic E-state index is 0.0546. The molecule has 0 aromatic heterocycles. The molecule has 4 rings (SSSR count). The van der Waals surface area contributed by atoms with Crippen LogP contribution >= 0.6 is 0 Å². The Bertz CT molecular complexity index is 935. The zero-order valence-electron chi connectivity index (χ0n) is 20.2. The van der Waals surface area contributed by atoms with E-state index in [2.05, 4.69) is 6.58 Å². The van der Waals surface area contributed by atoms with E-state index in [4.69, 9.17) is 9.47 Å². The van der Waals surface area contributed by atoms with Gasteiger partial charge in [0, 0.05) is 34.7 Å². The van der Waals surface area contributed by atoms with Gasteiger partial charge in [-0.25, -0.2) is 0 Å². The van der Waals surface area contributed by atoms with Crippen LogP contribution in [0.15, 0.2) is 23.8 Å². The van der Waals surface area contributed by atoms with Crippen molar-refractivity contribution in [1.82, 2.24) is 0 Å². The summed E-state index contributed by atoms with van der Waals surface area (Å²) in [6, 6.07) is 0. The van der Waals surface area contributed by atoms with Gasteiger partial charge in [-0.3, -0.25) is 14.4 Å². The highest BCUT2D eigenvalue weighted by molar-refractivity contribution is 6.02. The van der Waals surface area contributed by atoms with Crippen molar-refractivity contribution in [3.8, 4) is 0 Å². The molecule has 2 fully saturated rings. The molecular weight excluding hydrogens is 424 g/mol. The number of ether oxygens (including phenoxy) is 2. The highest BCUT2D eigenvalue weighted by Crippen LogP contribution is 2.76. The molecule has 0 aliphatic heterocycles. The third kappa shape index (κ3) is 3.34. The van der Waals surface area contributed by atoms with Crippen molar-refractivity contribution in [2.75, 3.05) is 6.61 Å². The molecule has 7 nitrogen and oxygen atoms in total. The lowest BCUT2D eigenvalue weighted by Gasteiger charge is -2.56. The van der Waals surface area contributed by atoms with Crippen LogP contribution in [0.3, 0.4) is 0 Å². The van der Waals surface area contributed by atoms with Gasteiger partial charge < -0.3 is 19.7 Å². The molecule has 8 atom stereocenters. The fourth-order valence-corrected chi connectivity index (χ4v) is 6.95. The molecule has 0 aromatic carbocycles. The smallest absolute Gasteiger partial charge is 0.308 e. The molecule has 0 unspecified atom stereocenters. The summed E-state index contributed by atoms with van der Waals surface area (Å²) < 4.78 is 11.3. The zero-order valence-corrected chi connectivity index (χ0v) is 20.2. The summed E-state index contributed by atoms with van der Waals surface area (Å²) in [4.78, 5) is 37.8. The van der Waals surface area contributed by atoms with Gasteiger partial charge in [0.1, 0.15) is 18.8 Å². The minimum atomic E-state index is -1.38. The van der Waals surface area contributed by atoms with Crippen molar-refractivity contribution < 1.29 is 34.1 Å². The van der Waals surface area contributed by atoms with Crippen LogP contribution in [0.4, 0.5) is 0 Å². The SMILES string of the molecule is C=C[C@]1(C)CCC2=C(C(=O)[C@H](O)[C@H]3[C@](C)(COC(=O)C(C)C)[C@H](OC(C)=O)C[C@H]4C[C@]243)[C@@H]1O. The van der Waals surface area contributed by atoms with Crippen LogP contribution in [0.2, 0.25) is 0 Å². The molecule has 2 N–H and O–H groups in total. The Morgan fingerprint density at radius 3 is 2.52 bits per heavy atom. The fraction of sp³-hybridized carbons (Fsp3) is 0.731. The lowest BCUT2D eigenvalue weighted by atomic mass is 9.50. The molecule has 0 bridgehead atoms. The Kier molecular flexibility index (Phi) is 5.69. The number of carbonyl (C=O) groups is 3. The standard InChI is InChI=1S/C26H36O7/c1-7-24(5)9-8-16-18(22(24)30)19(28)20(29)21-25(6,12-32-23(31)13(2)3)17(33-14(4)27)10-15-11-26(15,16)21/h7,13,15,17,20-22,29-30H,1,8-12H2,2-6H3/t15-,17+,20-,21-,22-,24+,25+,26+/m0/s1. The fourth-order valence-electron chi connectivity index (χ4n) is 6.95. The van der Waals surface area contributed by atoms with Crippen molar-refractivity contribution in [3.63, 3.8) is 0 Å². The molecule has 1 spiro atoms. The monoisotopic (exact) mass is 460 g/mol. The molecule has 182 valence electrons. The average Bonchev–Trinajstić information content (AvgIpc) is 3.45. The van der Waals surface area contributed by atoms with Gasteiger partial charge in [0.25, 0.3) is 0 Å². The van der Waals surface area contributed by atoms with Gasteiger partial charge >= 0.3 is 11.9 Å². The lowest BCUT2D eigenvalue weighted by molar-refractivity contribution is -0.188. The van der Waals surface area contributed by atoms with Crippen molar-refractivity contribution in [1.29, 1.82) is 0 Å². The number of esters is 2. The third-order valence-corrected chi connectivity index (χ3v) is 8.97. The van der Waals surface area contributed by atoms with Crippen LogP contribution in [-0.4, -0.2) is 52.9 Å². The first kappa shape index (κ1) is 24.1. The van der Waals surface area contributed by atoms with Crippen LogP contribution in [0.5, 0.6) is 0 Å². The van der Waals surface area contributed by atoms with Gasteiger partial charge in [0.15, 0.2) is 5.78 Å². The largest absolute Gasteiger partial charge is 0.465 e. The maximum Gasteiger partial charge on any atom is 0.308 e. The molecule has 0 aromatic rings. The van der Waals surface area contributed by atoms with Gasteiger partial charge in [-0.1, -0.05) is 39.3 Å². The summed E-state index contributed by atoms with van der Waals surface area (Å²) in [5.41, 5.74) is -0.764. The Morgan fingerprint density at radius 2 is 1.94 bits per heavy atom. The van der Waals surface area contributed by atoms with E-state index < -0.39 is 52.2 Å². The van der Waals surface area contributed by atoms with Crippen molar-refractivity contribution in [2.24, 2.45) is 34.0 Å². The van der Waals surface area contributed by atoms with Gasteiger partial charge in [-0.2, -0.15) is 0 Å². The van der Waals surface area contributed by atoms with Gasteiger partial charge in [-0.15, -0.1) is 6.58 Å². The Hall–Kier alpha value is -1.99. The molecule has 4 aliphatic carbocycles. The van der Waals surface area contributed by atoms with E-state index in [0.29, 0.717) is 24.8 Å². The van der Waals surface area contributed by atoms with E-state index >= 15 is 0 Å². The number of ketones is 1. The molecule has 0 amide bonds. The molecule has 0 saturated heterocycles. The van der Waals surface area contributed by atoms with E-state index in [0.717, 1.165) is 12.0 Å². The van der Waals surface area contributed by atoms with E-state index in [9.17, 15) is 24.6 Å². The summed E-state index contributed by atoms with van der Waals surface area (Å²) >= 11 is 0. The molecule has 2 saturated carbocycles. The predicted octanol–water partition coefficient (Wildman–Crippen LogP) is 2.74. The number of hydrogen-bond acceptors (Lipinski definition) is 7. The summed E-state index contributed by atoms with van der Waals surface area (Å²) in [7, 11) is 0. The van der Waals surface area contributed by atoms with Crippen LogP contribution in [0.1, 0.15) is 60.3 Å². The van der Waals surface area contributed by atoms with Crippen LogP contribution in [0.25, 0.3) is 0 Å². The van der Waals surface area contributed by atoms with E-state index in [1.807, 2.05) is 13.8 Å². The first-order valence-corrected chi connectivity index (χ1v) is 11.9. The Balaban J connectivity index is 1.80. The highest BCUT2D eigenvalue weighted by Gasteiger charge is 2.76. The van der Waals surface area contributed by atoms with Crippen LogP contribution in [-0.2, 0) is 23.9 Å². The van der Waals surface area contributed by atoms with E-state index in [1.165, 1.54) is 6.92 Å². The number of hydrogen-bond donors (Lipinski definition) is 2. The first-order valence-electron chi connectivity index (χ1n) is 11.9.